The van der Waals surface area contributed by atoms with Crippen molar-refractivity contribution in [3.05, 3.63) is 47.7 Å². The molecule has 0 aromatic carbocycles. The van der Waals surface area contributed by atoms with E-state index in [9.17, 15) is 4.79 Å². The number of aromatic nitrogens is 1. The summed E-state index contributed by atoms with van der Waals surface area (Å²) in [6, 6.07) is 5.83. The van der Waals surface area contributed by atoms with E-state index in [0.29, 0.717) is 5.92 Å². The summed E-state index contributed by atoms with van der Waals surface area (Å²) in [6.07, 6.45) is 5.99. The van der Waals surface area contributed by atoms with E-state index in [1.807, 2.05) is 42.9 Å². The number of amides is 1. The maximum atomic E-state index is 12.3. The van der Waals surface area contributed by atoms with Crippen molar-refractivity contribution in [3.63, 3.8) is 0 Å². The Morgan fingerprint density at radius 3 is 3.00 bits per heavy atom. The molecule has 0 bridgehead atoms. The van der Waals surface area contributed by atoms with Crippen LogP contribution in [0.25, 0.3) is 0 Å². The van der Waals surface area contributed by atoms with Crippen LogP contribution in [-0.2, 0) is 13.6 Å². The average Bonchev–Trinajstić information content (AvgIpc) is 3.17. The van der Waals surface area contributed by atoms with Crippen LogP contribution in [0.5, 0.6) is 0 Å². The van der Waals surface area contributed by atoms with Crippen molar-refractivity contribution in [2.24, 2.45) is 13.0 Å². The molecule has 1 aliphatic heterocycles. The number of rotatable bonds is 5. The quantitative estimate of drug-likeness (QED) is 0.922. The molecule has 0 spiro atoms. The molecule has 1 aliphatic rings. The fraction of sp³-hybridized carbons (Fsp3) is 0.500. The molecule has 2 aromatic rings. The zero-order valence-electron chi connectivity index (χ0n) is 13.9. The lowest BCUT2D eigenvalue weighted by Gasteiger charge is -2.32. The van der Waals surface area contributed by atoms with Crippen molar-refractivity contribution < 1.29 is 9.21 Å². The molecule has 2 aromatic heterocycles. The molecule has 3 heterocycles. The van der Waals surface area contributed by atoms with Gasteiger partial charge in [-0.15, -0.1) is 0 Å². The molecular formula is C18H25N3O2. The average molecular weight is 315 g/mol. The minimum atomic E-state index is 0.0336. The monoisotopic (exact) mass is 315 g/mol. The van der Waals surface area contributed by atoms with Gasteiger partial charge in [-0.3, -0.25) is 9.69 Å². The summed E-state index contributed by atoms with van der Waals surface area (Å²) < 4.78 is 7.40. The van der Waals surface area contributed by atoms with Crippen molar-refractivity contribution in [1.82, 2.24) is 14.8 Å². The van der Waals surface area contributed by atoms with Crippen molar-refractivity contribution in [2.75, 3.05) is 19.6 Å². The van der Waals surface area contributed by atoms with Crippen molar-refractivity contribution in [2.45, 2.75) is 26.3 Å². The Bertz CT molecular complexity index is 645. The Morgan fingerprint density at radius 2 is 2.30 bits per heavy atom. The molecule has 0 saturated carbocycles. The lowest BCUT2D eigenvalue weighted by molar-refractivity contribution is 0.0927. The van der Waals surface area contributed by atoms with Gasteiger partial charge in [-0.2, -0.15) is 0 Å². The largest absolute Gasteiger partial charge is 0.468 e. The van der Waals surface area contributed by atoms with Gasteiger partial charge in [0.25, 0.3) is 5.91 Å². The number of nitrogens with one attached hydrogen (secondary N) is 1. The van der Waals surface area contributed by atoms with Gasteiger partial charge in [0.1, 0.15) is 5.76 Å². The van der Waals surface area contributed by atoms with Crippen molar-refractivity contribution in [1.29, 1.82) is 0 Å². The van der Waals surface area contributed by atoms with Crippen LogP contribution in [0.2, 0.25) is 0 Å². The molecular weight excluding hydrogens is 290 g/mol. The van der Waals surface area contributed by atoms with Gasteiger partial charge >= 0.3 is 0 Å². The molecule has 5 nitrogen and oxygen atoms in total. The second-order valence-corrected chi connectivity index (χ2v) is 6.46. The highest BCUT2D eigenvalue weighted by atomic mass is 16.3. The number of aryl methyl sites for hydroxylation is 1. The van der Waals surface area contributed by atoms with Crippen molar-refractivity contribution >= 4 is 5.91 Å². The normalized spacial score (nSPS) is 19.0. The van der Waals surface area contributed by atoms with Gasteiger partial charge in [0.2, 0.25) is 0 Å². The highest BCUT2D eigenvalue weighted by Crippen LogP contribution is 2.18. The van der Waals surface area contributed by atoms with Gasteiger partial charge < -0.3 is 14.3 Å². The van der Waals surface area contributed by atoms with Crippen LogP contribution in [-0.4, -0.2) is 35.0 Å². The number of hydrogen-bond donors (Lipinski definition) is 1. The third-order valence-corrected chi connectivity index (χ3v) is 4.74. The van der Waals surface area contributed by atoms with Crippen LogP contribution < -0.4 is 5.32 Å². The first kappa shape index (κ1) is 15.9. The van der Waals surface area contributed by atoms with Gasteiger partial charge in [-0.05, 0) is 50.4 Å². The first-order valence-corrected chi connectivity index (χ1v) is 8.28. The van der Waals surface area contributed by atoms with Crippen LogP contribution in [0.4, 0.5) is 0 Å². The molecule has 1 saturated heterocycles. The van der Waals surface area contributed by atoms with E-state index in [1.54, 1.807) is 6.26 Å². The van der Waals surface area contributed by atoms with Crippen molar-refractivity contribution in [3.8, 4) is 0 Å². The van der Waals surface area contributed by atoms with E-state index in [1.165, 1.54) is 12.8 Å². The summed E-state index contributed by atoms with van der Waals surface area (Å²) in [4.78, 5) is 14.7. The molecule has 124 valence electrons. The Balaban J connectivity index is 1.50. The SMILES string of the molecule is Cc1c(C(=O)NCC2CCCN(Cc3ccco3)C2)ccn1C. The number of likely N-dealkylation sites (tertiary alicyclic amines) is 1. The third-order valence-electron chi connectivity index (χ3n) is 4.74. The molecule has 1 atom stereocenters. The smallest absolute Gasteiger partial charge is 0.253 e. The molecule has 0 aliphatic carbocycles. The minimum Gasteiger partial charge on any atom is -0.468 e. The fourth-order valence-corrected chi connectivity index (χ4v) is 3.27. The summed E-state index contributed by atoms with van der Waals surface area (Å²) in [7, 11) is 1.96. The number of furan rings is 1. The van der Waals surface area contributed by atoms with E-state index >= 15 is 0 Å². The van der Waals surface area contributed by atoms with Gasteiger partial charge in [0.05, 0.1) is 18.4 Å². The number of carbonyl (C=O) groups excluding carboxylic acids is 1. The summed E-state index contributed by atoms with van der Waals surface area (Å²) in [5.41, 5.74) is 1.78. The number of hydrogen-bond acceptors (Lipinski definition) is 3. The molecule has 1 amide bonds. The molecule has 0 radical (unpaired) electrons. The molecule has 1 unspecified atom stereocenters. The lowest BCUT2D eigenvalue weighted by Crippen LogP contribution is -2.40. The second-order valence-electron chi connectivity index (χ2n) is 6.46. The summed E-state index contributed by atoms with van der Waals surface area (Å²) >= 11 is 0. The molecule has 3 rings (SSSR count). The van der Waals surface area contributed by atoms with E-state index in [-0.39, 0.29) is 5.91 Å². The lowest BCUT2D eigenvalue weighted by atomic mass is 9.97. The molecule has 5 heteroatoms. The van der Waals surface area contributed by atoms with Crippen LogP contribution in [0, 0.1) is 12.8 Å². The highest BCUT2D eigenvalue weighted by Gasteiger charge is 2.21. The Morgan fingerprint density at radius 1 is 1.43 bits per heavy atom. The summed E-state index contributed by atoms with van der Waals surface area (Å²) in [5, 5.41) is 3.10. The first-order chi connectivity index (χ1) is 11.1. The van der Waals surface area contributed by atoms with Gasteiger partial charge in [-0.1, -0.05) is 0 Å². The van der Waals surface area contributed by atoms with Gasteiger partial charge in [0, 0.05) is 32.0 Å². The summed E-state index contributed by atoms with van der Waals surface area (Å²) in [6.45, 7) is 5.68. The molecule has 1 fully saturated rings. The standard InChI is InChI=1S/C18H25N3O2/c1-14-17(7-9-20(14)2)18(22)19-11-15-5-3-8-21(12-15)13-16-6-4-10-23-16/h4,6-7,9-10,15H,3,5,8,11-13H2,1-2H3,(H,19,22). The van der Waals surface area contributed by atoms with Crippen LogP contribution >= 0.6 is 0 Å². The van der Waals surface area contributed by atoms with E-state index in [2.05, 4.69) is 10.2 Å². The number of carbonyl (C=O) groups is 1. The number of piperidine rings is 1. The Labute approximate surface area is 137 Å². The predicted octanol–water partition coefficient (Wildman–Crippen LogP) is 2.57. The van der Waals surface area contributed by atoms with E-state index in [4.69, 9.17) is 4.42 Å². The second kappa shape index (κ2) is 7.04. The van der Waals surface area contributed by atoms with E-state index < -0.39 is 0 Å². The minimum absolute atomic E-state index is 0.0336. The molecule has 23 heavy (non-hydrogen) atoms. The summed E-state index contributed by atoms with van der Waals surface area (Å²) in [5.74, 6) is 1.55. The van der Waals surface area contributed by atoms with E-state index in [0.717, 1.165) is 43.2 Å². The topological polar surface area (TPSA) is 50.4 Å². The maximum absolute atomic E-state index is 12.3. The zero-order chi connectivity index (χ0) is 16.2. The van der Waals surface area contributed by atoms with Gasteiger partial charge in [-0.25, -0.2) is 0 Å². The Kier molecular flexibility index (Phi) is 4.86. The van der Waals surface area contributed by atoms with Gasteiger partial charge in [0.15, 0.2) is 0 Å². The first-order valence-electron chi connectivity index (χ1n) is 8.28. The van der Waals surface area contributed by atoms with Crippen LogP contribution in [0.3, 0.4) is 0 Å². The number of nitrogens with zero attached hydrogens (tertiary/aromatic N) is 2. The molecule has 1 N–H and O–H groups in total. The van der Waals surface area contributed by atoms with Crippen LogP contribution in [0.15, 0.2) is 35.1 Å². The maximum Gasteiger partial charge on any atom is 0.253 e. The third kappa shape index (κ3) is 3.85. The Hall–Kier alpha value is -2.01. The zero-order valence-corrected chi connectivity index (χ0v) is 13.9. The van der Waals surface area contributed by atoms with Crippen LogP contribution in [0.1, 0.15) is 34.7 Å². The fourth-order valence-electron chi connectivity index (χ4n) is 3.27. The highest BCUT2D eigenvalue weighted by molar-refractivity contribution is 5.95. The predicted molar refractivity (Wildman–Crippen MR) is 89.2 cm³/mol.